The summed E-state index contributed by atoms with van der Waals surface area (Å²) in [4.78, 5) is 11.1. The van der Waals surface area contributed by atoms with E-state index in [1.807, 2.05) is 6.92 Å². The van der Waals surface area contributed by atoms with Gasteiger partial charge in [0.15, 0.2) is 0 Å². The quantitative estimate of drug-likeness (QED) is 0.609. The summed E-state index contributed by atoms with van der Waals surface area (Å²) in [7, 11) is 1.63. The molecule has 0 aliphatic heterocycles. The molecule has 0 saturated heterocycles. The Morgan fingerprint density at radius 2 is 2.00 bits per heavy atom. The topological polar surface area (TPSA) is 49.3 Å². The van der Waals surface area contributed by atoms with Crippen LogP contribution in [-0.4, -0.2) is 24.2 Å². The first-order valence-electron chi connectivity index (χ1n) is 6.00. The molecule has 0 heterocycles. The fraction of sp³-hybridized carbons (Fsp3) is 0.917. The summed E-state index contributed by atoms with van der Waals surface area (Å²) < 4.78 is 0. The first-order chi connectivity index (χ1) is 7.11. The third kappa shape index (κ3) is 7.37. The molecule has 90 valence electrons. The highest BCUT2D eigenvalue weighted by Crippen LogP contribution is 2.15. The van der Waals surface area contributed by atoms with E-state index in [9.17, 15) is 9.90 Å². The number of carbonyl (C=O) groups excluding carboxylic acids is 1. The summed E-state index contributed by atoms with van der Waals surface area (Å²) in [5.74, 6) is 0.0710. The Labute approximate surface area is 93.3 Å². The number of hydrogen-bond acceptors (Lipinski definition) is 2. The van der Waals surface area contributed by atoms with E-state index in [4.69, 9.17) is 0 Å². The Balaban J connectivity index is 3.59. The van der Waals surface area contributed by atoms with Crippen molar-refractivity contribution in [2.75, 3.05) is 7.05 Å². The summed E-state index contributed by atoms with van der Waals surface area (Å²) in [6.45, 7) is 4.10. The van der Waals surface area contributed by atoms with Gasteiger partial charge in [-0.3, -0.25) is 4.79 Å². The molecule has 0 aromatic heterocycles. The molecule has 1 amide bonds. The fourth-order valence-electron chi connectivity index (χ4n) is 1.60. The number of carbonyl (C=O) groups is 1. The minimum Gasteiger partial charge on any atom is -0.393 e. The van der Waals surface area contributed by atoms with Gasteiger partial charge in [-0.25, -0.2) is 0 Å². The Kier molecular flexibility index (Phi) is 8.38. The van der Waals surface area contributed by atoms with E-state index in [0.717, 1.165) is 12.8 Å². The molecule has 3 nitrogen and oxygen atoms in total. The number of amides is 1. The molecule has 0 aliphatic carbocycles. The zero-order valence-electron chi connectivity index (χ0n) is 10.3. The van der Waals surface area contributed by atoms with E-state index in [1.54, 1.807) is 7.05 Å². The maximum Gasteiger partial charge on any atom is 0.220 e. The molecule has 0 aromatic carbocycles. The van der Waals surface area contributed by atoms with Crippen LogP contribution in [0.3, 0.4) is 0 Å². The predicted octanol–water partition coefficient (Wildman–Crippen LogP) is 2.09. The van der Waals surface area contributed by atoms with Gasteiger partial charge in [-0.05, 0) is 12.3 Å². The SMILES string of the molecule is CCCCCC[C@H](O)[C@H](C)CC(=O)NC. The Bertz CT molecular complexity index is 171. The molecular weight excluding hydrogens is 190 g/mol. The third-order valence-electron chi connectivity index (χ3n) is 2.80. The largest absolute Gasteiger partial charge is 0.393 e. The highest BCUT2D eigenvalue weighted by atomic mass is 16.3. The lowest BCUT2D eigenvalue weighted by Crippen LogP contribution is -2.26. The maximum absolute atomic E-state index is 11.1. The Hall–Kier alpha value is -0.570. The van der Waals surface area contributed by atoms with Crippen LogP contribution in [0, 0.1) is 5.92 Å². The van der Waals surface area contributed by atoms with Gasteiger partial charge in [-0.2, -0.15) is 0 Å². The van der Waals surface area contributed by atoms with Crippen LogP contribution < -0.4 is 5.32 Å². The van der Waals surface area contributed by atoms with Gasteiger partial charge >= 0.3 is 0 Å². The van der Waals surface area contributed by atoms with E-state index in [2.05, 4.69) is 12.2 Å². The Morgan fingerprint density at radius 1 is 1.33 bits per heavy atom. The lowest BCUT2D eigenvalue weighted by Gasteiger charge is -2.17. The van der Waals surface area contributed by atoms with Crippen LogP contribution in [0.5, 0.6) is 0 Å². The van der Waals surface area contributed by atoms with Crippen molar-refractivity contribution in [3.8, 4) is 0 Å². The molecule has 0 aliphatic rings. The van der Waals surface area contributed by atoms with Gasteiger partial charge in [0.25, 0.3) is 0 Å². The highest BCUT2D eigenvalue weighted by molar-refractivity contribution is 5.75. The van der Waals surface area contributed by atoms with Gasteiger partial charge in [-0.1, -0.05) is 39.5 Å². The molecule has 0 unspecified atom stereocenters. The summed E-state index contributed by atoms with van der Waals surface area (Å²) >= 11 is 0. The molecule has 0 radical (unpaired) electrons. The van der Waals surface area contributed by atoms with Crippen molar-refractivity contribution < 1.29 is 9.90 Å². The first-order valence-corrected chi connectivity index (χ1v) is 6.00. The van der Waals surface area contributed by atoms with Crippen molar-refractivity contribution >= 4 is 5.91 Å². The first kappa shape index (κ1) is 14.4. The van der Waals surface area contributed by atoms with Crippen LogP contribution >= 0.6 is 0 Å². The second-order valence-electron chi connectivity index (χ2n) is 4.27. The van der Waals surface area contributed by atoms with Gasteiger partial charge in [-0.15, -0.1) is 0 Å². The summed E-state index contributed by atoms with van der Waals surface area (Å²) in [5, 5.41) is 12.4. The van der Waals surface area contributed by atoms with E-state index < -0.39 is 0 Å². The van der Waals surface area contributed by atoms with Crippen molar-refractivity contribution in [1.82, 2.24) is 5.32 Å². The maximum atomic E-state index is 11.1. The van der Waals surface area contributed by atoms with Crippen molar-refractivity contribution in [3.05, 3.63) is 0 Å². The van der Waals surface area contributed by atoms with Gasteiger partial charge in [0, 0.05) is 13.5 Å². The number of aliphatic hydroxyl groups is 1. The zero-order chi connectivity index (χ0) is 11.7. The van der Waals surface area contributed by atoms with Crippen LogP contribution in [0.4, 0.5) is 0 Å². The number of unbranched alkanes of at least 4 members (excludes halogenated alkanes) is 3. The monoisotopic (exact) mass is 215 g/mol. The van der Waals surface area contributed by atoms with E-state index in [1.165, 1.54) is 19.3 Å². The second-order valence-corrected chi connectivity index (χ2v) is 4.27. The summed E-state index contributed by atoms with van der Waals surface area (Å²) in [6.07, 6.45) is 5.59. The number of rotatable bonds is 8. The molecule has 15 heavy (non-hydrogen) atoms. The molecule has 0 saturated carbocycles. The van der Waals surface area contributed by atoms with Gasteiger partial charge in [0.05, 0.1) is 6.10 Å². The Morgan fingerprint density at radius 3 is 2.53 bits per heavy atom. The molecule has 0 aromatic rings. The molecule has 0 bridgehead atoms. The minimum atomic E-state index is -0.334. The lowest BCUT2D eigenvalue weighted by molar-refractivity contribution is -0.122. The molecule has 0 rings (SSSR count). The van der Waals surface area contributed by atoms with Crippen molar-refractivity contribution in [2.24, 2.45) is 5.92 Å². The van der Waals surface area contributed by atoms with Gasteiger partial charge in [0.1, 0.15) is 0 Å². The predicted molar refractivity (Wildman–Crippen MR) is 62.6 cm³/mol. The van der Waals surface area contributed by atoms with Gasteiger partial charge < -0.3 is 10.4 Å². The third-order valence-corrected chi connectivity index (χ3v) is 2.80. The smallest absolute Gasteiger partial charge is 0.220 e. The van der Waals surface area contributed by atoms with E-state index in [0.29, 0.717) is 6.42 Å². The normalized spacial score (nSPS) is 14.7. The number of nitrogens with one attached hydrogen (secondary N) is 1. The molecule has 2 N–H and O–H groups in total. The second kappa shape index (κ2) is 8.72. The molecule has 2 atom stereocenters. The average Bonchev–Trinajstić information content (AvgIpc) is 2.23. The zero-order valence-corrected chi connectivity index (χ0v) is 10.3. The summed E-state index contributed by atoms with van der Waals surface area (Å²) in [5.41, 5.74) is 0. The van der Waals surface area contributed by atoms with Crippen molar-refractivity contribution in [2.45, 2.75) is 58.5 Å². The lowest BCUT2D eigenvalue weighted by atomic mass is 9.95. The average molecular weight is 215 g/mol. The van der Waals surface area contributed by atoms with E-state index in [-0.39, 0.29) is 17.9 Å². The molecule has 3 heteroatoms. The van der Waals surface area contributed by atoms with Crippen LogP contribution in [0.2, 0.25) is 0 Å². The summed E-state index contributed by atoms with van der Waals surface area (Å²) in [6, 6.07) is 0. The van der Waals surface area contributed by atoms with Crippen LogP contribution in [-0.2, 0) is 4.79 Å². The number of hydrogen-bond donors (Lipinski definition) is 2. The van der Waals surface area contributed by atoms with Crippen LogP contribution in [0.1, 0.15) is 52.4 Å². The number of aliphatic hydroxyl groups excluding tert-OH is 1. The fourth-order valence-corrected chi connectivity index (χ4v) is 1.60. The highest BCUT2D eigenvalue weighted by Gasteiger charge is 2.16. The molecule has 0 fully saturated rings. The van der Waals surface area contributed by atoms with Crippen molar-refractivity contribution in [3.63, 3.8) is 0 Å². The standard InChI is InChI=1S/C12H25NO2/c1-4-5-6-7-8-11(14)10(2)9-12(15)13-3/h10-11,14H,4-9H2,1-3H3,(H,13,15)/t10-,11+/m1/s1. The van der Waals surface area contributed by atoms with Crippen LogP contribution in [0.15, 0.2) is 0 Å². The van der Waals surface area contributed by atoms with E-state index >= 15 is 0 Å². The molecule has 0 spiro atoms. The van der Waals surface area contributed by atoms with Crippen molar-refractivity contribution in [1.29, 1.82) is 0 Å². The van der Waals surface area contributed by atoms with Gasteiger partial charge in [0.2, 0.25) is 5.91 Å². The minimum absolute atomic E-state index is 0.00936. The molecular formula is C12H25NO2. The van der Waals surface area contributed by atoms with Crippen LogP contribution in [0.25, 0.3) is 0 Å².